The first-order chi connectivity index (χ1) is 15.4. The molecule has 1 N–H and O–H groups in total. The van der Waals surface area contributed by atoms with E-state index in [1.54, 1.807) is 31.1 Å². The van der Waals surface area contributed by atoms with Crippen molar-refractivity contribution < 1.29 is 14.3 Å². The lowest BCUT2D eigenvalue weighted by Crippen LogP contribution is -2.29. The number of carbonyl (C=O) groups excluding carboxylic acids is 2. The lowest BCUT2D eigenvalue weighted by molar-refractivity contribution is -0.117. The Bertz CT molecular complexity index is 971. The second-order valence-corrected chi connectivity index (χ2v) is 9.12. The zero-order chi connectivity index (χ0) is 22.7. The van der Waals surface area contributed by atoms with Gasteiger partial charge < -0.3 is 19.9 Å². The van der Waals surface area contributed by atoms with E-state index in [1.807, 2.05) is 30.3 Å². The molecule has 1 fully saturated rings. The van der Waals surface area contributed by atoms with Gasteiger partial charge in [0.05, 0.1) is 12.5 Å². The molecule has 0 spiro atoms. The quantitative estimate of drug-likeness (QED) is 0.670. The average molecular weight is 436 g/mol. The number of hydrogen-bond donors (Lipinski definition) is 1. The van der Waals surface area contributed by atoms with E-state index in [0.29, 0.717) is 24.6 Å². The average Bonchev–Trinajstić information content (AvgIpc) is 3.20. The molecule has 2 aromatic carbocycles. The van der Waals surface area contributed by atoms with Crippen molar-refractivity contribution >= 4 is 17.5 Å². The molecule has 1 unspecified atom stereocenters. The molecule has 32 heavy (non-hydrogen) atoms. The van der Waals surface area contributed by atoms with Crippen LogP contribution in [0.4, 0.5) is 5.69 Å². The van der Waals surface area contributed by atoms with Crippen molar-refractivity contribution in [3.05, 3.63) is 59.2 Å². The Kier molecular flexibility index (Phi) is 6.80. The van der Waals surface area contributed by atoms with Crippen LogP contribution in [0, 0.1) is 0 Å². The number of rotatable bonds is 7. The standard InChI is InChI=1S/C26H33N3O3/c1-18-6-4-13-29(18)14-5-15-32-22-11-12-24-21(16-22)17-23(25(30)27-24)19-7-9-20(10-8-19)26(31)28(2)3/h7-12,16,18,23H,4-6,13-15,17H2,1-3H3,(H,27,30)/t18-,23?/m1/s1. The third-order valence-corrected chi connectivity index (χ3v) is 6.59. The van der Waals surface area contributed by atoms with Gasteiger partial charge in [-0.05, 0) is 80.6 Å². The van der Waals surface area contributed by atoms with Gasteiger partial charge in [0.2, 0.25) is 5.91 Å². The van der Waals surface area contributed by atoms with Crippen molar-refractivity contribution in [3.8, 4) is 5.75 Å². The first-order valence-corrected chi connectivity index (χ1v) is 11.5. The van der Waals surface area contributed by atoms with E-state index in [9.17, 15) is 9.59 Å². The predicted molar refractivity (Wildman–Crippen MR) is 126 cm³/mol. The molecule has 1 saturated heterocycles. The van der Waals surface area contributed by atoms with Gasteiger partial charge in [-0.25, -0.2) is 0 Å². The molecule has 6 nitrogen and oxygen atoms in total. The zero-order valence-electron chi connectivity index (χ0n) is 19.3. The van der Waals surface area contributed by atoms with E-state index in [2.05, 4.69) is 17.1 Å². The molecule has 0 aliphatic carbocycles. The third-order valence-electron chi connectivity index (χ3n) is 6.59. The number of anilines is 1. The predicted octanol–water partition coefficient (Wildman–Crippen LogP) is 3.92. The van der Waals surface area contributed by atoms with Crippen molar-refractivity contribution in [3.63, 3.8) is 0 Å². The Morgan fingerprint density at radius 2 is 1.97 bits per heavy atom. The fraction of sp³-hybridized carbons (Fsp3) is 0.462. The van der Waals surface area contributed by atoms with Crippen LogP contribution in [0.3, 0.4) is 0 Å². The zero-order valence-corrected chi connectivity index (χ0v) is 19.3. The van der Waals surface area contributed by atoms with E-state index in [4.69, 9.17) is 4.74 Å². The number of ether oxygens (including phenoxy) is 1. The molecule has 2 aromatic rings. The summed E-state index contributed by atoms with van der Waals surface area (Å²) >= 11 is 0. The summed E-state index contributed by atoms with van der Waals surface area (Å²) in [7, 11) is 3.46. The van der Waals surface area contributed by atoms with E-state index in [0.717, 1.165) is 35.5 Å². The van der Waals surface area contributed by atoms with Gasteiger partial charge in [0.1, 0.15) is 5.75 Å². The molecule has 2 amide bonds. The highest BCUT2D eigenvalue weighted by atomic mass is 16.5. The summed E-state index contributed by atoms with van der Waals surface area (Å²) in [6.45, 7) is 5.27. The Balaban J connectivity index is 1.38. The van der Waals surface area contributed by atoms with Gasteiger partial charge in [-0.2, -0.15) is 0 Å². The minimum atomic E-state index is -0.280. The molecule has 2 atom stereocenters. The number of carbonyl (C=O) groups is 2. The highest BCUT2D eigenvalue weighted by Gasteiger charge is 2.28. The number of nitrogens with one attached hydrogen (secondary N) is 1. The van der Waals surface area contributed by atoms with Crippen molar-refractivity contribution in [2.75, 3.05) is 39.1 Å². The summed E-state index contributed by atoms with van der Waals surface area (Å²) in [5.74, 6) is 0.506. The van der Waals surface area contributed by atoms with Crippen molar-refractivity contribution in [1.29, 1.82) is 0 Å². The Morgan fingerprint density at radius 1 is 1.19 bits per heavy atom. The monoisotopic (exact) mass is 435 g/mol. The third kappa shape index (κ3) is 4.96. The summed E-state index contributed by atoms with van der Waals surface area (Å²) < 4.78 is 6.02. The SMILES string of the molecule is C[C@@H]1CCCN1CCCOc1ccc2c(c1)CC(c1ccc(C(=O)N(C)C)cc1)C(=O)N2. The first-order valence-electron chi connectivity index (χ1n) is 11.5. The van der Waals surface area contributed by atoms with Crippen LogP contribution in [0.25, 0.3) is 0 Å². The van der Waals surface area contributed by atoms with Crippen LogP contribution in [-0.4, -0.2) is 61.4 Å². The first kappa shape index (κ1) is 22.3. The molecular formula is C26H33N3O3. The van der Waals surface area contributed by atoms with Gasteiger partial charge in [-0.3, -0.25) is 9.59 Å². The fourth-order valence-corrected chi connectivity index (χ4v) is 4.65. The summed E-state index contributed by atoms with van der Waals surface area (Å²) in [6.07, 6.45) is 4.23. The van der Waals surface area contributed by atoms with Gasteiger partial charge in [0.15, 0.2) is 0 Å². The molecule has 0 saturated carbocycles. The minimum absolute atomic E-state index is 0.0161. The van der Waals surface area contributed by atoms with Gasteiger partial charge in [-0.15, -0.1) is 0 Å². The fourth-order valence-electron chi connectivity index (χ4n) is 4.65. The Hall–Kier alpha value is -2.86. The molecule has 6 heteroatoms. The number of fused-ring (bicyclic) bond motifs is 1. The van der Waals surface area contributed by atoms with Gasteiger partial charge in [0, 0.05) is 37.9 Å². The minimum Gasteiger partial charge on any atom is -0.494 e. The number of hydrogen-bond acceptors (Lipinski definition) is 4. The maximum Gasteiger partial charge on any atom is 0.253 e. The number of amides is 2. The van der Waals surface area contributed by atoms with Gasteiger partial charge in [-0.1, -0.05) is 12.1 Å². The Labute approximate surface area is 190 Å². The lowest BCUT2D eigenvalue weighted by atomic mass is 9.87. The van der Waals surface area contributed by atoms with Crippen LogP contribution >= 0.6 is 0 Å². The summed E-state index contributed by atoms with van der Waals surface area (Å²) in [4.78, 5) is 28.9. The van der Waals surface area contributed by atoms with Crippen LogP contribution in [0.2, 0.25) is 0 Å². The van der Waals surface area contributed by atoms with Crippen LogP contribution < -0.4 is 10.1 Å². The van der Waals surface area contributed by atoms with Crippen LogP contribution in [-0.2, 0) is 11.2 Å². The van der Waals surface area contributed by atoms with Gasteiger partial charge >= 0.3 is 0 Å². The molecular weight excluding hydrogens is 402 g/mol. The topological polar surface area (TPSA) is 61.9 Å². The van der Waals surface area contributed by atoms with Gasteiger partial charge in [0.25, 0.3) is 5.91 Å². The highest BCUT2D eigenvalue weighted by molar-refractivity contribution is 5.99. The van der Waals surface area contributed by atoms with E-state index < -0.39 is 0 Å². The van der Waals surface area contributed by atoms with Crippen molar-refractivity contribution in [1.82, 2.24) is 9.80 Å². The summed E-state index contributed by atoms with van der Waals surface area (Å²) in [5.41, 5.74) is 3.46. The van der Waals surface area contributed by atoms with Crippen LogP contribution in [0.15, 0.2) is 42.5 Å². The smallest absolute Gasteiger partial charge is 0.253 e. The number of likely N-dealkylation sites (tertiary alicyclic amines) is 1. The molecule has 0 aromatic heterocycles. The second kappa shape index (κ2) is 9.74. The maximum absolute atomic E-state index is 12.7. The van der Waals surface area contributed by atoms with Crippen molar-refractivity contribution in [2.24, 2.45) is 0 Å². The molecule has 2 aliphatic rings. The maximum atomic E-state index is 12.7. The normalized spacial score (nSPS) is 20.5. The lowest BCUT2D eigenvalue weighted by Gasteiger charge is -2.26. The van der Waals surface area contributed by atoms with Crippen molar-refractivity contribution in [2.45, 2.75) is 44.6 Å². The molecule has 170 valence electrons. The summed E-state index contributed by atoms with van der Waals surface area (Å²) in [5, 5.41) is 3.02. The molecule has 0 bridgehead atoms. The van der Waals surface area contributed by atoms with E-state index >= 15 is 0 Å². The Morgan fingerprint density at radius 3 is 2.66 bits per heavy atom. The van der Waals surface area contributed by atoms with E-state index in [-0.39, 0.29) is 17.7 Å². The summed E-state index contributed by atoms with van der Waals surface area (Å²) in [6, 6.07) is 13.9. The van der Waals surface area contributed by atoms with E-state index in [1.165, 1.54) is 19.4 Å². The van der Waals surface area contributed by atoms with Crippen LogP contribution in [0.1, 0.15) is 53.6 Å². The molecule has 0 radical (unpaired) electrons. The van der Waals surface area contributed by atoms with Crippen LogP contribution in [0.5, 0.6) is 5.75 Å². The second-order valence-electron chi connectivity index (χ2n) is 9.12. The molecule has 2 heterocycles. The molecule has 2 aliphatic heterocycles. The number of benzene rings is 2. The molecule has 4 rings (SSSR count). The largest absolute Gasteiger partial charge is 0.494 e. The highest BCUT2D eigenvalue weighted by Crippen LogP contribution is 2.34. The number of nitrogens with zero attached hydrogens (tertiary/aromatic N) is 2.